The van der Waals surface area contributed by atoms with E-state index in [2.05, 4.69) is 17.3 Å². The first kappa shape index (κ1) is 13.3. The first-order chi connectivity index (χ1) is 9.54. The number of benzene rings is 1. The molecule has 0 aromatic heterocycles. The van der Waals surface area contributed by atoms with E-state index in [0.717, 1.165) is 18.9 Å². The molecule has 2 fully saturated rings. The smallest absolute Gasteiger partial charge is 0.272 e. The van der Waals surface area contributed by atoms with E-state index < -0.39 is 10.7 Å². The third kappa shape index (κ3) is 2.35. The largest absolute Gasteiger partial charge is 0.380 e. The van der Waals surface area contributed by atoms with E-state index >= 15 is 0 Å². The number of rotatable bonds is 3. The second kappa shape index (κ2) is 5.01. The molecule has 2 unspecified atom stereocenters. The lowest BCUT2D eigenvalue weighted by Gasteiger charge is -2.37. The van der Waals surface area contributed by atoms with Gasteiger partial charge in [0.15, 0.2) is 5.82 Å². The molecule has 1 aromatic rings. The van der Waals surface area contributed by atoms with Gasteiger partial charge in [-0.3, -0.25) is 10.1 Å². The number of piperidine rings is 1. The van der Waals surface area contributed by atoms with E-state index in [-0.39, 0.29) is 11.7 Å². The summed E-state index contributed by atoms with van der Waals surface area (Å²) in [5.74, 6) is -0.550. The zero-order valence-electron chi connectivity index (χ0n) is 11.4. The number of anilines is 1. The second-order valence-corrected chi connectivity index (χ2v) is 5.78. The third-order valence-electron chi connectivity index (χ3n) is 4.62. The molecule has 2 bridgehead atoms. The normalized spacial score (nSPS) is 29.4. The van der Waals surface area contributed by atoms with Crippen molar-refractivity contribution in [2.45, 2.75) is 43.8 Å². The summed E-state index contributed by atoms with van der Waals surface area (Å²) in [6.45, 7) is 0. The van der Waals surface area contributed by atoms with Crippen LogP contribution in [0.4, 0.5) is 15.8 Å². The van der Waals surface area contributed by atoms with Crippen molar-refractivity contribution in [3.63, 3.8) is 0 Å². The van der Waals surface area contributed by atoms with Gasteiger partial charge in [-0.05, 0) is 38.8 Å². The molecular weight excluding hydrogens is 261 g/mol. The van der Waals surface area contributed by atoms with Gasteiger partial charge in [0.2, 0.25) is 0 Å². The predicted octanol–water partition coefficient (Wildman–Crippen LogP) is 2.77. The van der Waals surface area contributed by atoms with Crippen molar-refractivity contribution in [3.8, 4) is 0 Å². The van der Waals surface area contributed by atoms with Gasteiger partial charge in [-0.1, -0.05) is 0 Å². The maximum absolute atomic E-state index is 13.9. The van der Waals surface area contributed by atoms with Crippen LogP contribution in [-0.2, 0) is 0 Å². The Labute approximate surface area is 116 Å². The number of nitro benzene ring substituents is 1. The lowest BCUT2D eigenvalue weighted by atomic mass is 9.97. The molecular formula is C14H18FN3O2. The molecule has 2 atom stereocenters. The Hall–Kier alpha value is -1.69. The first-order valence-corrected chi connectivity index (χ1v) is 6.97. The van der Waals surface area contributed by atoms with Crippen LogP contribution in [0.2, 0.25) is 0 Å². The van der Waals surface area contributed by atoms with Crippen LogP contribution in [0.5, 0.6) is 0 Å². The summed E-state index contributed by atoms with van der Waals surface area (Å²) in [5.41, 5.74) is 0.154. The highest BCUT2D eigenvalue weighted by Crippen LogP contribution is 2.35. The van der Waals surface area contributed by atoms with E-state index in [4.69, 9.17) is 0 Å². The number of nitrogens with one attached hydrogen (secondary N) is 1. The van der Waals surface area contributed by atoms with Crippen molar-refractivity contribution in [2.75, 3.05) is 12.4 Å². The van der Waals surface area contributed by atoms with Crippen molar-refractivity contribution in [3.05, 3.63) is 34.1 Å². The monoisotopic (exact) mass is 279 g/mol. The fourth-order valence-corrected chi connectivity index (χ4v) is 3.48. The van der Waals surface area contributed by atoms with Crippen LogP contribution in [-0.4, -0.2) is 35.0 Å². The van der Waals surface area contributed by atoms with Crippen LogP contribution in [0.1, 0.15) is 25.7 Å². The Balaban J connectivity index is 1.71. The maximum Gasteiger partial charge on any atom is 0.272 e. The molecule has 3 rings (SSSR count). The molecule has 1 N–H and O–H groups in total. The third-order valence-corrected chi connectivity index (χ3v) is 4.62. The topological polar surface area (TPSA) is 58.4 Å². The van der Waals surface area contributed by atoms with Crippen molar-refractivity contribution in [1.29, 1.82) is 0 Å². The molecule has 5 nitrogen and oxygen atoms in total. The first-order valence-electron chi connectivity index (χ1n) is 6.97. The minimum Gasteiger partial charge on any atom is -0.380 e. The summed E-state index contributed by atoms with van der Waals surface area (Å²) in [7, 11) is 2.16. The zero-order valence-corrected chi connectivity index (χ0v) is 11.4. The van der Waals surface area contributed by atoms with Crippen molar-refractivity contribution < 1.29 is 9.31 Å². The van der Waals surface area contributed by atoms with Crippen LogP contribution in [0.3, 0.4) is 0 Å². The molecule has 6 heteroatoms. The Morgan fingerprint density at radius 2 is 2.00 bits per heavy atom. The molecule has 0 saturated carbocycles. The van der Waals surface area contributed by atoms with Gasteiger partial charge in [0.05, 0.1) is 16.7 Å². The van der Waals surface area contributed by atoms with Crippen LogP contribution < -0.4 is 5.32 Å². The standard InChI is InChI=1S/C14H18FN3O2/c1-17-10-2-3-11(17)7-9(6-10)16-14-5-4-12(18(19)20)8-13(14)15/h4-5,8-11,16H,2-3,6-7H2,1H3. The Kier molecular flexibility index (Phi) is 3.33. The average Bonchev–Trinajstić information content (AvgIpc) is 2.64. The van der Waals surface area contributed by atoms with Crippen LogP contribution in [0, 0.1) is 15.9 Å². The van der Waals surface area contributed by atoms with Crippen LogP contribution >= 0.6 is 0 Å². The second-order valence-electron chi connectivity index (χ2n) is 5.78. The van der Waals surface area contributed by atoms with E-state index in [0.29, 0.717) is 17.8 Å². The molecule has 2 heterocycles. The van der Waals surface area contributed by atoms with Gasteiger partial charge in [-0.25, -0.2) is 4.39 Å². The number of hydrogen-bond acceptors (Lipinski definition) is 4. The highest BCUT2D eigenvalue weighted by atomic mass is 19.1. The molecule has 108 valence electrons. The molecule has 0 radical (unpaired) electrons. The number of fused-ring (bicyclic) bond motifs is 2. The summed E-state index contributed by atoms with van der Waals surface area (Å²) >= 11 is 0. The van der Waals surface area contributed by atoms with Gasteiger partial charge in [0, 0.05) is 24.2 Å². The predicted molar refractivity (Wildman–Crippen MR) is 74.3 cm³/mol. The van der Waals surface area contributed by atoms with Gasteiger partial charge in [-0.15, -0.1) is 0 Å². The maximum atomic E-state index is 13.9. The fraction of sp³-hybridized carbons (Fsp3) is 0.571. The van der Waals surface area contributed by atoms with Gasteiger partial charge in [-0.2, -0.15) is 0 Å². The summed E-state index contributed by atoms with van der Waals surface area (Å²) in [6, 6.07) is 5.19. The minimum absolute atomic E-state index is 0.212. The highest BCUT2D eigenvalue weighted by Gasteiger charge is 2.38. The quantitative estimate of drug-likeness (QED) is 0.682. The Bertz CT molecular complexity index is 523. The van der Waals surface area contributed by atoms with Crippen molar-refractivity contribution in [1.82, 2.24) is 4.90 Å². The van der Waals surface area contributed by atoms with E-state index in [1.807, 2.05) is 0 Å². The number of non-ortho nitro benzene ring substituents is 1. The summed E-state index contributed by atoms with van der Waals surface area (Å²) in [6.07, 6.45) is 4.43. The van der Waals surface area contributed by atoms with Crippen molar-refractivity contribution in [2.24, 2.45) is 0 Å². The summed E-state index contributed by atoms with van der Waals surface area (Å²) in [5, 5.41) is 13.8. The van der Waals surface area contributed by atoms with Gasteiger partial charge in [0.25, 0.3) is 5.69 Å². The number of halogens is 1. The number of nitrogens with zero attached hydrogens (tertiary/aromatic N) is 2. The molecule has 1 aromatic carbocycles. The molecule has 20 heavy (non-hydrogen) atoms. The number of hydrogen-bond donors (Lipinski definition) is 1. The van der Waals surface area contributed by atoms with Gasteiger partial charge >= 0.3 is 0 Å². The molecule has 2 aliphatic heterocycles. The Morgan fingerprint density at radius 3 is 2.55 bits per heavy atom. The highest BCUT2D eigenvalue weighted by molar-refractivity contribution is 5.50. The number of nitro groups is 1. The summed E-state index contributed by atoms with van der Waals surface area (Å²) in [4.78, 5) is 12.4. The molecule has 0 amide bonds. The van der Waals surface area contributed by atoms with E-state index in [1.165, 1.54) is 25.0 Å². The van der Waals surface area contributed by atoms with Crippen molar-refractivity contribution >= 4 is 11.4 Å². The van der Waals surface area contributed by atoms with Crippen LogP contribution in [0.25, 0.3) is 0 Å². The summed E-state index contributed by atoms with van der Waals surface area (Å²) < 4.78 is 13.9. The van der Waals surface area contributed by atoms with Crippen LogP contribution in [0.15, 0.2) is 18.2 Å². The van der Waals surface area contributed by atoms with Gasteiger partial charge in [0.1, 0.15) is 0 Å². The zero-order chi connectivity index (χ0) is 14.3. The SMILES string of the molecule is CN1C2CCC1CC(Nc1ccc([N+](=O)[O-])cc1F)C2. The minimum atomic E-state index is -0.581. The lowest BCUT2D eigenvalue weighted by Crippen LogP contribution is -2.44. The molecule has 0 aliphatic carbocycles. The Morgan fingerprint density at radius 1 is 1.35 bits per heavy atom. The molecule has 2 saturated heterocycles. The van der Waals surface area contributed by atoms with E-state index in [9.17, 15) is 14.5 Å². The molecule has 0 spiro atoms. The van der Waals surface area contributed by atoms with E-state index in [1.54, 1.807) is 0 Å². The average molecular weight is 279 g/mol. The lowest BCUT2D eigenvalue weighted by molar-refractivity contribution is -0.385. The fourth-order valence-electron chi connectivity index (χ4n) is 3.48. The van der Waals surface area contributed by atoms with Gasteiger partial charge < -0.3 is 10.2 Å². The molecule has 2 aliphatic rings.